The summed E-state index contributed by atoms with van der Waals surface area (Å²) in [5.41, 5.74) is 0.695. The lowest BCUT2D eigenvalue weighted by molar-refractivity contribution is 0.238. The van der Waals surface area contributed by atoms with Gasteiger partial charge in [0.1, 0.15) is 11.6 Å². The number of hydrogen-bond donors (Lipinski definition) is 0. The molecular weight excluding hydrogens is 204 g/mol. The van der Waals surface area contributed by atoms with Gasteiger partial charge in [-0.25, -0.2) is 9.53 Å². The van der Waals surface area contributed by atoms with Crippen molar-refractivity contribution in [3.05, 3.63) is 34.2 Å². The first-order chi connectivity index (χ1) is 7.63. The third kappa shape index (κ3) is 1.61. The van der Waals surface area contributed by atoms with Crippen LogP contribution in [-0.2, 0) is 6.54 Å². The van der Waals surface area contributed by atoms with Crippen LogP contribution >= 0.6 is 0 Å². The van der Waals surface area contributed by atoms with Gasteiger partial charge in [0.25, 0.3) is 0 Å². The predicted octanol–water partition coefficient (Wildman–Crippen LogP) is 2.12. The van der Waals surface area contributed by atoms with Gasteiger partial charge in [-0.15, -0.1) is 0 Å². The molecule has 0 saturated heterocycles. The van der Waals surface area contributed by atoms with Gasteiger partial charge < -0.3 is 4.52 Å². The molecule has 0 aliphatic heterocycles. The quantitative estimate of drug-likeness (QED) is 0.772. The minimum atomic E-state index is -0.382. The van der Waals surface area contributed by atoms with Crippen molar-refractivity contribution in [2.45, 2.75) is 20.4 Å². The molecule has 1 heterocycles. The summed E-state index contributed by atoms with van der Waals surface area (Å²) in [5.74, 6) is 0.352. The SMILES string of the molecule is CC(C)Cn1oc(=O)c2cccc(C#N)c21. The standard InChI is InChI=1S/C12H12N2O2/c1-8(2)7-14-11-9(6-13)4-3-5-10(11)12(15)16-14/h3-5,8H,7H2,1-2H3. The molecule has 0 unspecified atom stereocenters. The Morgan fingerprint density at radius 3 is 2.88 bits per heavy atom. The molecule has 1 aromatic heterocycles. The Morgan fingerprint density at radius 1 is 1.50 bits per heavy atom. The number of benzene rings is 1. The average Bonchev–Trinajstić information content (AvgIpc) is 2.55. The highest BCUT2D eigenvalue weighted by Gasteiger charge is 2.13. The van der Waals surface area contributed by atoms with Crippen LogP contribution < -0.4 is 5.63 Å². The van der Waals surface area contributed by atoms with Crippen molar-refractivity contribution in [1.82, 2.24) is 4.74 Å². The second-order valence-electron chi connectivity index (χ2n) is 4.15. The molecule has 4 heteroatoms. The number of aromatic nitrogens is 1. The van der Waals surface area contributed by atoms with Crippen LogP contribution in [0, 0.1) is 17.2 Å². The first kappa shape index (κ1) is 10.5. The Morgan fingerprint density at radius 2 is 2.25 bits per heavy atom. The van der Waals surface area contributed by atoms with E-state index in [1.807, 2.05) is 13.8 Å². The Hall–Kier alpha value is -2.02. The minimum absolute atomic E-state index is 0.352. The Bertz CT molecular complexity index is 614. The highest BCUT2D eigenvalue weighted by atomic mass is 16.5. The molecule has 0 aliphatic carbocycles. The molecule has 0 fully saturated rings. The van der Waals surface area contributed by atoms with Gasteiger partial charge in [0, 0.05) is 0 Å². The molecule has 0 atom stereocenters. The van der Waals surface area contributed by atoms with E-state index in [0.29, 0.717) is 28.9 Å². The van der Waals surface area contributed by atoms with Crippen LogP contribution in [-0.4, -0.2) is 4.74 Å². The van der Waals surface area contributed by atoms with E-state index in [1.165, 1.54) is 4.74 Å². The van der Waals surface area contributed by atoms with Crippen molar-refractivity contribution < 1.29 is 4.52 Å². The lowest BCUT2D eigenvalue weighted by atomic mass is 10.1. The summed E-state index contributed by atoms with van der Waals surface area (Å²) in [5, 5.41) is 9.47. The molecule has 0 bridgehead atoms. The summed E-state index contributed by atoms with van der Waals surface area (Å²) in [7, 11) is 0. The van der Waals surface area contributed by atoms with Gasteiger partial charge in [-0.3, -0.25) is 0 Å². The summed E-state index contributed by atoms with van der Waals surface area (Å²) in [6.07, 6.45) is 0. The van der Waals surface area contributed by atoms with Crippen LogP contribution in [0.1, 0.15) is 19.4 Å². The van der Waals surface area contributed by atoms with Crippen LogP contribution in [0.3, 0.4) is 0 Å². The predicted molar refractivity (Wildman–Crippen MR) is 60.0 cm³/mol. The number of nitrogens with zero attached hydrogens (tertiary/aromatic N) is 2. The maximum absolute atomic E-state index is 11.6. The Balaban J connectivity index is 2.76. The molecule has 16 heavy (non-hydrogen) atoms. The lowest BCUT2D eigenvalue weighted by Crippen LogP contribution is -2.04. The third-order valence-electron chi connectivity index (χ3n) is 2.35. The van der Waals surface area contributed by atoms with Crippen LogP contribution in [0.2, 0.25) is 0 Å². The molecule has 0 saturated carbocycles. The molecule has 0 N–H and O–H groups in total. The van der Waals surface area contributed by atoms with Gasteiger partial charge in [0.05, 0.1) is 17.5 Å². The summed E-state index contributed by atoms with van der Waals surface area (Å²) in [4.78, 5) is 11.6. The molecule has 0 spiro atoms. The van der Waals surface area contributed by atoms with Gasteiger partial charge in [-0.05, 0) is 18.1 Å². The van der Waals surface area contributed by atoms with Crippen LogP contribution in [0.4, 0.5) is 0 Å². The lowest BCUT2D eigenvalue weighted by Gasteiger charge is -2.05. The van der Waals surface area contributed by atoms with Gasteiger partial charge in [-0.2, -0.15) is 5.26 Å². The van der Waals surface area contributed by atoms with E-state index in [4.69, 9.17) is 9.78 Å². The van der Waals surface area contributed by atoms with Gasteiger partial charge >= 0.3 is 5.63 Å². The fourth-order valence-electron chi connectivity index (χ4n) is 1.72. The molecule has 0 aliphatic rings. The fraction of sp³-hybridized carbons (Fsp3) is 0.333. The molecule has 2 rings (SSSR count). The van der Waals surface area contributed by atoms with Crippen molar-refractivity contribution in [2.24, 2.45) is 5.92 Å². The van der Waals surface area contributed by atoms with Crippen LogP contribution in [0.15, 0.2) is 27.5 Å². The van der Waals surface area contributed by atoms with E-state index in [0.717, 1.165) is 0 Å². The summed E-state index contributed by atoms with van der Waals surface area (Å²) < 4.78 is 6.64. The molecular formula is C12H12N2O2. The van der Waals surface area contributed by atoms with Crippen molar-refractivity contribution in [1.29, 1.82) is 5.26 Å². The van der Waals surface area contributed by atoms with Gasteiger partial charge in [0.2, 0.25) is 0 Å². The van der Waals surface area contributed by atoms with Crippen molar-refractivity contribution in [2.75, 3.05) is 0 Å². The van der Waals surface area contributed by atoms with Crippen molar-refractivity contribution in [3.8, 4) is 6.07 Å². The zero-order valence-corrected chi connectivity index (χ0v) is 9.23. The van der Waals surface area contributed by atoms with E-state index in [2.05, 4.69) is 6.07 Å². The van der Waals surface area contributed by atoms with Gasteiger partial charge in [-0.1, -0.05) is 19.9 Å². The largest absolute Gasteiger partial charge is 0.365 e. The number of rotatable bonds is 2. The second-order valence-corrected chi connectivity index (χ2v) is 4.15. The normalized spacial score (nSPS) is 10.9. The Kier molecular flexibility index (Phi) is 2.53. The summed E-state index contributed by atoms with van der Waals surface area (Å²) in [6.45, 7) is 4.65. The van der Waals surface area contributed by atoms with Crippen LogP contribution in [0.25, 0.3) is 10.9 Å². The van der Waals surface area contributed by atoms with E-state index in [1.54, 1.807) is 18.2 Å². The molecule has 0 amide bonds. The number of para-hydroxylation sites is 1. The molecule has 4 nitrogen and oxygen atoms in total. The van der Waals surface area contributed by atoms with Crippen molar-refractivity contribution >= 4 is 10.9 Å². The monoisotopic (exact) mass is 216 g/mol. The summed E-state index contributed by atoms with van der Waals surface area (Å²) >= 11 is 0. The van der Waals surface area contributed by atoms with Gasteiger partial charge in [0.15, 0.2) is 0 Å². The number of fused-ring (bicyclic) bond motifs is 1. The molecule has 82 valence electrons. The van der Waals surface area contributed by atoms with Crippen LogP contribution in [0.5, 0.6) is 0 Å². The van der Waals surface area contributed by atoms with E-state index < -0.39 is 0 Å². The topological polar surface area (TPSA) is 58.9 Å². The smallest absolute Gasteiger partial charge is 0.335 e. The zero-order valence-electron chi connectivity index (χ0n) is 9.23. The number of hydrogen-bond acceptors (Lipinski definition) is 3. The van der Waals surface area contributed by atoms with E-state index in [9.17, 15) is 4.79 Å². The molecule has 0 radical (unpaired) electrons. The fourth-order valence-corrected chi connectivity index (χ4v) is 1.72. The van der Waals surface area contributed by atoms with E-state index >= 15 is 0 Å². The zero-order chi connectivity index (χ0) is 11.7. The highest BCUT2D eigenvalue weighted by Crippen LogP contribution is 2.17. The first-order valence-corrected chi connectivity index (χ1v) is 5.16. The Labute approximate surface area is 92.7 Å². The third-order valence-corrected chi connectivity index (χ3v) is 2.35. The van der Waals surface area contributed by atoms with E-state index in [-0.39, 0.29) is 5.63 Å². The maximum Gasteiger partial charge on any atom is 0.365 e. The first-order valence-electron chi connectivity index (χ1n) is 5.16. The molecule has 1 aromatic carbocycles. The summed E-state index contributed by atoms with van der Waals surface area (Å²) in [6, 6.07) is 7.14. The number of nitriles is 1. The van der Waals surface area contributed by atoms with Crippen molar-refractivity contribution in [3.63, 3.8) is 0 Å². The minimum Gasteiger partial charge on any atom is -0.335 e. The highest BCUT2D eigenvalue weighted by molar-refractivity contribution is 5.83. The maximum atomic E-state index is 11.6. The molecule has 2 aromatic rings. The average molecular weight is 216 g/mol. The second kappa shape index (κ2) is 3.86.